The molecular weight excluding hydrogens is 272 g/mol. The summed E-state index contributed by atoms with van der Waals surface area (Å²) in [7, 11) is 0. The molecule has 1 aromatic rings. The van der Waals surface area contributed by atoms with Crippen LogP contribution in [0.1, 0.15) is 20.8 Å². The van der Waals surface area contributed by atoms with Gasteiger partial charge >= 0.3 is 0 Å². The molecule has 6 heteroatoms. The van der Waals surface area contributed by atoms with E-state index in [9.17, 15) is 14.7 Å². The maximum absolute atomic E-state index is 12.3. The smallest absolute Gasteiger partial charge is 0.268 e. The van der Waals surface area contributed by atoms with Crippen LogP contribution in [0, 0.1) is 0 Å². The Balaban J connectivity index is 2.31. The minimum Gasteiger partial charge on any atom is -0.508 e. The molecule has 1 N–H and O–H groups in total. The third kappa shape index (κ3) is 2.94. The van der Waals surface area contributed by atoms with Crippen molar-refractivity contribution in [3.8, 4) is 11.5 Å². The van der Waals surface area contributed by atoms with Crippen LogP contribution in [-0.2, 0) is 9.59 Å². The Morgan fingerprint density at radius 3 is 2.67 bits per heavy atom. The van der Waals surface area contributed by atoms with Gasteiger partial charge in [-0.3, -0.25) is 14.5 Å². The van der Waals surface area contributed by atoms with Crippen molar-refractivity contribution in [1.29, 1.82) is 0 Å². The van der Waals surface area contributed by atoms with E-state index in [-0.39, 0.29) is 24.1 Å². The number of carbonyl (C=O) groups excluding carboxylic acids is 2. The van der Waals surface area contributed by atoms with Crippen LogP contribution in [0.25, 0.3) is 0 Å². The number of nitrogens with zero attached hydrogens (tertiary/aromatic N) is 2. The summed E-state index contributed by atoms with van der Waals surface area (Å²) >= 11 is 0. The minimum atomic E-state index is -0.647. The fourth-order valence-corrected chi connectivity index (χ4v) is 2.37. The zero-order valence-electron chi connectivity index (χ0n) is 12.5. The Labute approximate surface area is 123 Å². The molecule has 2 rings (SSSR count). The van der Waals surface area contributed by atoms with Gasteiger partial charge in [0.1, 0.15) is 18.0 Å². The number of carbonyl (C=O) groups is 2. The monoisotopic (exact) mass is 292 g/mol. The molecular formula is C15H20N2O4. The fourth-order valence-electron chi connectivity index (χ4n) is 2.37. The van der Waals surface area contributed by atoms with Gasteiger partial charge < -0.3 is 14.7 Å². The van der Waals surface area contributed by atoms with Crippen molar-refractivity contribution in [2.75, 3.05) is 24.5 Å². The van der Waals surface area contributed by atoms with Crippen molar-refractivity contribution in [3.05, 3.63) is 18.2 Å². The predicted molar refractivity (Wildman–Crippen MR) is 78.5 cm³/mol. The number of hydrogen-bond donors (Lipinski definition) is 1. The van der Waals surface area contributed by atoms with Crippen LogP contribution < -0.4 is 9.64 Å². The second-order valence-electron chi connectivity index (χ2n) is 4.90. The average molecular weight is 292 g/mol. The first kappa shape index (κ1) is 15.2. The van der Waals surface area contributed by atoms with Crippen LogP contribution >= 0.6 is 0 Å². The van der Waals surface area contributed by atoms with Gasteiger partial charge in [0.05, 0.1) is 5.69 Å². The third-order valence-corrected chi connectivity index (χ3v) is 3.56. The number of phenolic OH excluding ortho intramolecular Hbond substituents is 1. The van der Waals surface area contributed by atoms with Crippen LogP contribution in [0.5, 0.6) is 11.5 Å². The predicted octanol–water partition coefficient (Wildman–Crippen LogP) is 1.37. The van der Waals surface area contributed by atoms with Crippen molar-refractivity contribution in [1.82, 2.24) is 4.90 Å². The maximum atomic E-state index is 12.3. The summed E-state index contributed by atoms with van der Waals surface area (Å²) in [6, 6.07) is 4.53. The minimum absolute atomic E-state index is 0.0278. The van der Waals surface area contributed by atoms with E-state index in [2.05, 4.69) is 0 Å². The Kier molecular flexibility index (Phi) is 4.35. The summed E-state index contributed by atoms with van der Waals surface area (Å²) in [5.41, 5.74) is 0.429. The SMILES string of the molecule is CCN(CC)C(=O)CN1C(=O)C(C)Oc2ccc(O)cc21. The highest BCUT2D eigenvalue weighted by atomic mass is 16.5. The number of fused-ring (bicyclic) bond motifs is 1. The van der Waals surface area contributed by atoms with Crippen molar-refractivity contribution in [3.63, 3.8) is 0 Å². The molecule has 1 aliphatic heterocycles. The van der Waals surface area contributed by atoms with E-state index < -0.39 is 6.10 Å². The standard InChI is InChI=1S/C15H20N2O4/c1-4-16(5-2)14(19)9-17-12-8-11(18)6-7-13(12)21-10(3)15(17)20/h6-8,10,18H,4-5,9H2,1-3H3. The number of phenols is 1. The lowest BCUT2D eigenvalue weighted by Crippen LogP contribution is -2.49. The molecule has 6 nitrogen and oxygen atoms in total. The average Bonchev–Trinajstić information content (AvgIpc) is 2.46. The van der Waals surface area contributed by atoms with E-state index in [1.54, 1.807) is 17.9 Å². The number of aromatic hydroxyl groups is 1. The molecule has 0 saturated carbocycles. The van der Waals surface area contributed by atoms with Crippen molar-refractivity contribution >= 4 is 17.5 Å². The topological polar surface area (TPSA) is 70.1 Å². The van der Waals surface area contributed by atoms with E-state index in [1.165, 1.54) is 17.0 Å². The number of amides is 2. The molecule has 0 spiro atoms. The van der Waals surface area contributed by atoms with Gasteiger partial charge in [-0.25, -0.2) is 0 Å². The fraction of sp³-hybridized carbons (Fsp3) is 0.467. The third-order valence-electron chi connectivity index (χ3n) is 3.56. The van der Waals surface area contributed by atoms with E-state index in [0.717, 1.165) is 0 Å². The number of likely N-dealkylation sites (N-methyl/N-ethyl adjacent to an activating group) is 1. The van der Waals surface area contributed by atoms with Crippen molar-refractivity contribution < 1.29 is 19.4 Å². The normalized spacial score (nSPS) is 17.2. The molecule has 0 aliphatic carbocycles. The molecule has 114 valence electrons. The van der Waals surface area contributed by atoms with Crippen LogP contribution in [0.2, 0.25) is 0 Å². The summed E-state index contributed by atoms with van der Waals surface area (Å²) in [6.45, 7) is 6.57. The molecule has 1 aromatic carbocycles. The lowest BCUT2D eigenvalue weighted by atomic mass is 10.1. The van der Waals surface area contributed by atoms with Crippen molar-refractivity contribution in [2.45, 2.75) is 26.9 Å². The molecule has 0 fully saturated rings. The molecule has 21 heavy (non-hydrogen) atoms. The van der Waals surface area contributed by atoms with Crippen LogP contribution in [0.15, 0.2) is 18.2 Å². The Hall–Kier alpha value is -2.24. The van der Waals surface area contributed by atoms with Gasteiger partial charge in [0.2, 0.25) is 5.91 Å². The summed E-state index contributed by atoms with van der Waals surface area (Å²) in [4.78, 5) is 27.6. The van der Waals surface area contributed by atoms with Gasteiger partial charge in [-0.1, -0.05) is 0 Å². The summed E-state index contributed by atoms with van der Waals surface area (Å²) in [5, 5.41) is 9.60. The van der Waals surface area contributed by atoms with Gasteiger partial charge in [-0.05, 0) is 32.9 Å². The van der Waals surface area contributed by atoms with E-state index >= 15 is 0 Å². The molecule has 1 heterocycles. The molecule has 1 atom stereocenters. The molecule has 0 saturated heterocycles. The number of rotatable bonds is 4. The first-order chi connectivity index (χ1) is 9.97. The number of benzene rings is 1. The zero-order chi connectivity index (χ0) is 15.6. The Bertz CT molecular complexity index is 555. The Morgan fingerprint density at radius 2 is 2.05 bits per heavy atom. The largest absolute Gasteiger partial charge is 0.508 e. The van der Waals surface area contributed by atoms with Gasteiger partial charge in [-0.2, -0.15) is 0 Å². The first-order valence-corrected chi connectivity index (χ1v) is 7.06. The van der Waals surface area contributed by atoms with Gasteiger partial charge in [-0.15, -0.1) is 0 Å². The highest BCUT2D eigenvalue weighted by Crippen LogP contribution is 2.36. The van der Waals surface area contributed by atoms with E-state index in [4.69, 9.17) is 4.74 Å². The lowest BCUT2D eigenvalue weighted by Gasteiger charge is -2.33. The summed E-state index contributed by atoms with van der Waals surface area (Å²) in [6.07, 6.45) is -0.647. The van der Waals surface area contributed by atoms with Crippen molar-refractivity contribution in [2.24, 2.45) is 0 Å². The second-order valence-corrected chi connectivity index (χ2v) is 4.90. The molecule has 0 bridgehead atoms. The molecule has 2 amide bonds. The maximum Gasteiger partial charge on any atom is 0.268 e. The lowest BCUT2D eigenvalue weighted by molar-refractivity contribution is -0.132. The van der Waals surface area contributed by atoms with Gasteiger partial charge in [0.15, 0.2) is 6.10 Å². The quantitative estimate of drug-likeness (QED) is 0.910. The highest BCUT2D eigenvalue weighted by Gasteiger charge is 2.33. The first-order valence-electron chi connectivity index (χ1n) is 7.06. The number of hydrogen-bond acceptors (Lipinski definition) is 4. The zero-order valence-corrected chi connectivity index (χ0v) is 12.5. The van der Waals surface area contributed by atoms with E-state index in [1.807, 2.05) is 13.8 Å². The summed E-state index contributed by atoms with van der Waals surface area (Å²) < 4.78 is 5.50. The number of anilines is 1. The molecule has 0 radical (unpaired) electrons. The molecule has 1 unspecified atom stereocenters. The van der Waals surface area contributed by atoms with Crippen LogP contribution in [0.3, 0.4) is 0 Å². The van der Waals surface area contributed by atoms with Gasteiger partial charge in [0, 0.05) is 19.2 Å². The Morgan fingerprint density at radius 1 is 1.38 bits per heavy atom. The second kappa shape index (κ2) is 6.03. The number of ether oxygens (including phenoxy) is 1. The summed E-state index contributed by atoms with van der Waals surface area (Å²) in [5.74, 6) is 0.109. The van der Waals surface area contributed by atoms with Gasteiger partial charge in [0.25, 0.3) is 5.91 Å². The molecule has 1 aliphatic rings. The van der Waals surface area contributed by atoms with Crippen LogP contribution in [-0.4, -0.2) is 47.6 Å². The molecule has 0 aromatic heterocycles. The highest BCUT2D eigenvalue weighted by molar-refractivity contribution is 6.03. The van der Waals surface area contributed by atoms with Crippen LogP contribution in [0.4, 0.5) is 5.69 Å². The van der Waals surface area contributed by atoms with E-state index in [0.29, 0.717) is 24.5 Å².